The molecule has 0 atom stereocenters. The molecule has 2 amide bonds. The molecule has 4 rings (SSSR count). The van der Waals surface area contributed by atoms with Crippen LogP contribution < -0.4 is 16.3 Å². The molecule has 0 spiro atoms. The zero-order chi connectivity index (χ0) is 19.5. The average molecular weight is 398 g/mol. The molecule has 1 saturated carbocycles. The number of halogens is 1. The molecule has 1 aliphatic carbocycles. The van der Waals surface area contributed by atoms with E-state index >= 15 is 0 Å². The van der Waals surface area contributed by atoms with Gasteiger partial charge in [0.25, 0.3) is 0 Å². The summed E-state index contributed by atoms with van der Waals surface area (Å²) >= 11 is 5.83. The molecule has 1 fully saturated rings. The Kier molecular flexibility index (Phi) is 5.16. The Morgan fingerprint density at radius 3 is 2.50 bits per heavy atom. The Hall–Kier alpha value is -3.06. The first-order chi connectivity index (χ1) is 13.6. The van der Waals surface area contributed by atoms with Crippen molar-refractivity contribution < 1.29 is 4.79 Å². The van der Waals surface area contributed by atoms with Gasteiger partial charge in [0, 0.05) is 23.2 Å². The first kappa shape index (κ1) is 18.3. The quantitative estimate of drug-likeness (QED) is 0.669. The van der Waals surface area contributed by atoms with Crippen molar-refractivity contribution in [2.75, 3.05) is 11.9 Å². The minimum atomic E-state index is -0.347. The van der Waals surface area contributed by atoms with Gasteiger partial charge in [-0.1, -0.05) is 29.8 Å². The van der Waals surface area contributed by atoms with E-state index in [-0.39, 0.29) is 18.3 Å². The summed E-state index contributed by atoms with van der Waals surface area (Å²) in [4.78, 5) is 24.9. The van der Waals surface area contributed by atoms with Crippen LogP contribution in [0.3, 0.4) is 0 Å². The number of urea groups is 1. The minimum absolute atomic E-state index is 0.187. The van der Waals surface area contributed by atoms with Crippen molar-refractivity contribution >= 4 is 23.3 Å². The highest BCUT2D eigenvalue weighted by atomic mass is 35.5. The lowest BCUT2D eigenvalue weighted by molar-refractivity contribution is 0.251. The lowest BCUT2D eigenvalue weighted by Crippen LogP contribution is -2.34. The standard InChI is InChI=1S/C20H20ClN5O2/c21-15-8-10-16(11-9-15)23-19(27)22-12-13-25-20(28)26(17-4-2-1-3-5-17)18(24-25)14-6-7-14/h1-5,8-11,14H,6-7,12-13H2,(H2,22,23,27). The van der Waals surface area contributed by atoms with Gasteiger partial charge in [0.2, 0.25) is 0 Å². The first-order valence-corrected chi connectivity index (χ1v) is 9.55. The van der Waals surface area contributed by atoms with Crippen LogP contribution in [0.5, 0.6) is 0 Å². The summed E-state index contributed by atoms with van der Waals surface area (Å²) in [5.74, 6) is 1.12. The molecule has 8 heteroatoms. The van der Waals surface area contributed by atoms with Gasteiger partial charge in [0.15, 0.2) is 0 Å². The summed E-state index contributed by atoms with van der Waals surface area (Å²) < 4.78 is 3.09. The molecule has 2 N–H and O–H groups in total. The predicted octanol–water partition coefficient (Wildman–Crippen LogP) is 3.39. The van der Waals surface area contributed by atoms with Crippen LogP contribution in [0.2, 0.25) is 5.02 Å². The maximum Gasteiger partial charge on any atom is 0.350 e. The predicted molar refractivity (Wildman–Crippen MR) is 108 cm³/mol. The van der Waals surface area contributed by atoms with Crippen LogP contribution in [-0.2, 0) is 6.54 Å². The molecule has 0 aliphatic heterocycles. The smallest absolute Gasteiger partial charge is 0.336 e. The number of aromatic nitrogens is 3. The number of carbonyl (C=O) groups is 1. The molecule has 144 valence electrons. The summed E-state index contributed by atoms with van der Waals surface area (Å²) in [5.41, 5.74) is 1.27. The van der Waals surface area contributed by atoms with E-state index in [1.807, 2.05) is 30.3 Å². The van der Waals surface area contributed by atoms with Crippen LogP contribution in [-0.4, -0.2) is 26.9 Å². The fraction of sp³-hybridized carbons (Fsp3) is 0.250. The Bertz CT molecular complexity index is 1020. The number of rotatable bonds is 6. The van der Waals surface area contributed by atoms with Gasteiger partial charge in [-0.3, -0.25) is 0 Å². The van der Waals surface area contributed by atoms with Crippen molar-refractivity contribution in [2.24, 2.45) is 0 Å². The van der Waals surface area contributed by atoms with Crippen LogP contribution in [0.1, 0.15) is 24.6 Å². The Balaban J connectivity index is 1.42. The second kappa shape index (κ2) is 7.90. The van der Waals surface area contributed by atoms with Gasteiger partial charge in [-0.15, -0.1) is 0 Å². The summed E-state index contributed by atoms with van der Waals surface area (Å²) in [6.07, 6.45) is 2.09. The molecule has 1 aliphatic rings. The molecule has 2 aromatic carbocycles. The highest BCUT2D eigenvalue weighted by Crippen LogP contribution is 2.39. The highest BCUT2D eigenvalue weighted by molar-refractivity contribution is 6.30. The largest absolute Gasteiger partial charge is 0.350 e. The van der Waals surface area contributed by atoms with Gasteiger partial charge >= 0.3 is 11.7 Å². The number of nitrogens with zero attached hydrogens (tertiary/aromatic N) is 3. The molecule has 3 aromatic rings. The number of hydrogen-bond acceptors (Lipinski definition) is 3. The first-order valence-electron chi connectivity index (χ1n) is 9.17. The van der Waals surface area contributed by atoms with Gasteiger partial charge in [-0.05, 0) is 49.2 Å². The molecule has 0 radical (unpaired) electrons. The monoisotopic (exact) mass is 397 g/mol. The summed E-state index contributed by atoms with van der Waals surface area (Å²) in [6, 6.07) is 16.0. The van der Waals surface area contributed by atoms with Gasteiger partial charge in [0.1, 0.15) is 5.82 Å². The third kappa shape index (κ3) is 4.09. The van der Waals surface area contributed by atoms with Gasteiger partial charge in [-0.2, -0.15) is 5.10 Å². The third-order valence-corrected chi connectivity index (χ3v) is 4.78. The number of hydrogen-bond donors (Lipinski definition) is 2. The van der Waals surface area contributed by atoms with Crippen molar-refractivity contribution in [3.8, 4) is 5.69 Å². The van der Waals surface area contributed by atoms with E-state index in [0.29, 0.717) is 23.2 Å². The summed E-state index contributed by atoms with van der Waals surface area (Å²) in [5, 5.41) is 10.6. The summed E-state index contributed by atoms with van der Waals surface area (Å²) in [7, 11) is 0. The molecule has 0 unspecified atom stereocenters. The Labute approximate surface area is 166 Å². The van der Waals surface area contributed by atoms with E-state index in [2.05, 4.69) is 15.7 Å². The molecular weight excluding hydrogens is 378 g/mol. The number of nitrogens with one attached hydrogen (secondary N) is 2. The Morgan fingerprint density at radius 2 is 1.82 bits per heavy atom. The molecular formula is C20H20ClN5O2. The van der Waals surface area contributed by atoms with E-state index in [4.69, 9.17) is 11.6 Å². The zero-order valence-electron chi connectivity index (χ0n) is 15.1. The van der Waals surface area contributed by atoms with Gasteiger partial charge in [-0.25, -0.2) is 18.8 Å². The van der Waals surface area contributed by atoms with Crippen LogP contribution in [0.4, 0.5) is 10.5 Å². The molecule has 1 heterocycles. The second-order valence-corrected chi connectivity index (χ2v) is 7.13. The van der Waals surface area contributed by atoms with E-state index in [1.165, 1.54) is 4.68 Å². The van der Waals surface area contributed by atoms with E-state index < -0.39 is 0 Å². The lowest BCUT2D eigenvalue weighted by Gasteiger charge is -2.07. The van der Waals surface area contributed by atoms with Crippen molar-refractivity contribution in [1.29, 1.82) is 0 Å². The van der Waals surface area contributed by atoms with Crippen molar-refractivity contribution in [1.82, 2.24) is 19.7 Å². The molecule has 0 bridgehead atoms. The molecule has 28 heavy (non-hydrogen) atoms. The maximum absolute atomic E-state index is 12.8. The van der Waals surface area contributed by atoms with Crippen LogP contribution in [0.15, 0.2) is 59.4 Å². The number of carbonyl (C=O) groups excluding carboxylic acids is 1. The van der Waals surface area contributed by atoms with Crippen LogP contribution >= 0.6 is 11.6 Å². The normalized spacial score (nSPS) is 13.3. The van der Waals surface area contributed by atoms with Crippen molar-refractivity contribution in [3.05, 3.63) is 75.9 Å². The van der Waals surface area contributed by atoms with Gasteiger partial charge in [0.05, 0.1) is 12.2 Å². The van der Waals surface area contributed by atoms with Gasteiger partial charge < -0.3 is 10.6 Å². The average Bonchev–Trinajstić information content (AvgIpc) is 3.49. The maximum atomic E-state index is 12.8. The number of benzene rings is 2. The fourth-order valence-corrected chi connectivity index (χ4v) is 3.11. The topological polar surface area (TPSA) is 81.0 Å². The fourth-order valence-electron chi connectivity index (χ4n) is 2.98. The lowest BCUT2D eigenvalue weighted by atomic mass is 10.3. The highest BCUT2D eigenvalue weighted by Gasteiger charge is 2.31. The zero-order valence-corrected chi connectivity index (χ0v) is 15.9. The molecule has 0 saturated heterocycles. The Morgan fingerprint density at radius 1 is 1.11 bits per heavy atom. The SMILES string of the molecule is O=C(NCCn1nc(C2CC2)n(-c2ccccc2)c1=O)Nc1ccc(Cl)cc1. The van der Waals surface area contributed by atoms with Crippen LogP contribution in [0.25, 0.3) is 5.69 Å². The van der Waals surface area contributed by atoms with E-state index in [0.717, 1.165) is 24.4 Å². The number of amides is 2. The number of anilines is 1. The third-order valence-electron chi connectivity index (χ3n) is 4.53. The van der Waals surface area contributed by atoms with Crippen molar-refractivity contribution in [3.63, 3.8) is 0 Å². The van der Waals surface area contributed by atoms with E-state index in [1.54, 1.807) is 28.8 Å². The van der Waals surface area contributed by atoms with Crippen molar-refractivity contribution in [2.45, 2.75) is 25.3 Å². The van der Waals surface area contributed by atoms with Crippen LogP contribution in [0, 0.1) is 0 Å². The molecule has 1 aromatic heterocycles. The summed E-state index contributed by atoms with van der Waals surface area (Å²) in [6.45, 7) is 0.585. The van der Waals surface area contributed by atoms with E-state index in [9.17, 15) is 9.59 Å². The number of para-hydroxylation sites is 1. The minimum Gasteiger partial charge on any atom is -0.336 e. The second-order valence-electron chi connectivity index (χ2n) is 6.70. The molecule has 7 nitrogen and oxygen atoms in total.